The second-order valence-corrected chi connectivity index (χ2v) is 8.84. The van der Waals surface area contributed by atoms with Crippen LogP contribution in [0.5, 0.6) is 0 Å². The molecule has 5 heteroatoms. The smallest absolute Gasteiger partial charge is 0.407 e. The molecule has 30 heavy (non-hydrogen) atoms. The Balaban J connectivity index is 1.47. The van der Waals surface area contributed by atoms with Crippen LogP contribution in [0.2, 0.25) is 0 Å². The first-order chi connectivity index (χ1) is 14.5. The number of carboxylic acids is 1. The van der Waals surface area contributed by atoms with Gasteiger partial charge in [0.2, 0.25) is 0 Å². The molecule has 0 aromatic heterocycles. The molecule has 2 N–H and O–H groups in total. The molecule has 0 aliphatic heterocycles. The number of amides is 1. The molecule has 158 valence electrons. The van der Waals surface area contributed by atoms with Crippen LogP contribution in [0.3, 0.4) is 0 Å². The molecular weight excluding hydrogens is 378 g/mol. The maximum absolute atomic E-state index is 12.7. The summed E-state index contributed by atoms with van der Waals surface area (Å²) in [6.07, 6.45) is 3.65. The average molecular weight is 408 g/mol. The topological polar surface area (TPSA) is 75.6 Å². The third-order valence-corrected chi connectivity index (χ3v) is 6.67. The van der Waals surface area contributed by atoms with Gasteiger partial charge in [0, 0.05) is 5.92 Å². The maximum Gasteiger partial charge on any atom is 0.407 e. The van der Waals surface area contributed by atoms with E-state index in [1.807, 2.05) is 24.3 Å². The Morgan fingerprint density at radius 1 is 1.03 bits per heavy atom. The molecule has 0 spiro atoms. The number of carbonyl (C=O) groups is 2. The fraction of sp³-hybridized carbons (Fsp3) is 0.440. The molecule has 5 nitrogen and oxygen atoms in total. The Labute approximate surface area is 177 Å². The van der Waals surface area contributed by atoms with E-state index in [9.17, 15) is 14.7 Å². The van der Waals surface area contributed by atoms with Gasteiger partial charge in [0.05, 0.1) is 12.0 Å². The number of hydrogen-bond acceptors (Lipinski definition) is 3. The molecule has 4 rings (SSSR count). The second-order valence-electron chi connectivity index (χ2n) is 8.84. The first kappa shape index (κ1) is 20.5. The minimum atomic E-state index is -0.886. The molecule has 2 aromatic rings. The summed E-state index contributed by atoms with van der Waals surface area (Å²) < 4.78 is 5.67. The highest BCUT2D eigenvalue weighted by Crippen LogP contribution is 2.44. The summed E-state index contributed by atoms with van der Waals surface area (Å²) in [5.74, 6) is -0.346. The van der Waals surface area contributed by atoms with Crippen LogP contribution in [-0.4, -0.2) is 29.3 Å². The van der Waals surface area contributed by atoms with Crippen molar-refractivity contribution in [2.45, 2.75) is 56.9 Å². The van der Waals surface area contributed by atoms with Crippen LogP contribution in [0.15, 0.2) is 48.5 Å². The summed E-state index contributed by atoms with van der Waals surface area (Å²) >= 11 is 0. The Hall–Kier alpha value is -2.82. The number of alkyl carbamates (subject to hydrolysis) is 1. The number of ether oxygens (including phenoxy) is 1. The van der Waals surface area contributed by atoms with Gasteiger partial charge in [-0.2, -0.15) is 0 Å². The molecule has 1 saturated carbocycles. The first-order valence-corrected chi connectivity index (χ1v) is 10.8. The van der Waals surface area contributed by atoms with Crippen LogP contribution in [0, 0.1) is 5.92 Å². The molecule has 2 atom stereocenters. The van der Waals surface area contributed by atoms with Gasteiger partial charge in [-0.15, -0.1) is 0 Å². The highest BCUT2D eigenvalue weighted by atomic mass is 16.5. The first-order valence-electron chi connectivity index (χ1n) is 10.8. The third-order valence-electron chi connectivity index (χ3n) is 6.67. The summed E-state index contributed by atoms with van der Waals surface area (Å²) in [5, 5.41) is 12.4. The normalized spacial score (nSPS) is 23.2. The van der Waals surface area contributed by atoms with Gasteiger partial charge in [0.25, 0.3) is 0 Å². The number of carbonyl (C=O) groups excluding carboxylic acids is 1. The lowest BCUT2D eigenvalue weighted by atomic mass is 9.86. The van der Waals surface area contributed by atoms with Crippen LogP contribution in [0.1, 0.15) is 62.5 Å². The largest absolute Gasteiger partial charge is 0.481 e. The van der Waals surface area contributed by atoms with Crippen LogP contribution in [0.25, 0.3) is 11.1 Å². The summed E-state index contributed by atoms with van der Waals surface area (Å²) in [4.78, 5) is 24.2. The van der Waals surface area contributed by atoms with E-state index in [-0.39, 0.29) is 18.9 Å². The summed E-state index contributed by atoms with van der Waals surface area (Å²) in [5.41, 5.74) is 3.97. The average Bonchev–Trinajstić information content (AvgIpc) is 2.93. The zero-order valence-corrected chi connectivity index (χ0v) is 17.4. The van der Waals surface area contributed by atoms with Crippen molar-refractivity contribution in [3.63, 3.8) is 0 Å². The van der Waals surface area contributed by atoms with Crippen LogP contribution in [0.4, 0.5) is 4.79 Å². The number of carboxylic acid groups (broad SMARTS) is 1. The molecule has 2 aliphatic carbocycles. The fourth-order valence-corrected chi connectivity index (χ4v) is 5.07. The number of hydrogen-bond donors (Lipinski definition) is 2. The van der Waals surface area contributed by atoms with Gasteiger partial charge < -0.3 is 15.2 Å². The number of rotatable bonds is 5. The molecular formula is C25H29NO4. The lowest BCUT2D eigenvalue weighted by Gasteiger charge is -2.32. The zero-order valence-electron chi connectivity index (χ0n) is 17.4. The molecule has 1 fully saturated rings. The predicted molar refractivity (Wildman–Crippen MR) is 115 cm³/mol. The van der Waals surface area contributed by atoms with Gasteiger partial charge in [-0.05, 0) is 47.4 Å². The number of fused-ring (bicyclic) bond motifs is 3. The van der Waals surface area contributed by atoms with Crippen molar-refractivity contribution in [1.29, 1.82) is 0 Å². The Kier molecular flexibility index (Phi) is 5.80. The summed E-state index contributed by atoms with van der Waals surface area (Å²) in [6, 6.07) is 16.4. The van der Waals surface area contributed by atoms with E-state index in [0.717, 1.165) is 30.4 Å². The lowest BCUT2D eigenvalue weighted by molar-refractivity contribution is -0.138. The third kappa shape index (κ3) is 4.20. The molecule has 0 heterocycles. The van der Waals surface area contributed by atoms with Gasteiger partial charge in [-0.25, -0.2) is 4.79 Å². The Bertz CT molecular complexity index is 895. The zero-order chi connectivity index (χ0) is 21.1. The number of nitrogens with one attached hydrogen (secondary N) is 1. The second kappa shape index (κ2) is 8.50. The van der Waals surface area contributed by atoms with E-state index in [4.69, 9.17) is 4.74 Å². The quantitative estimate of drug-likeness (QED) is 0.656. The van der Waals surface area contributed by atoms with E-state index in [0.29, 0.717) is 18.8 Å². The number of benzene rings is 2. The van der Waals surface area contributed by atoms with E-state index in [2.05, 4.69) is 36.5 Å². The maximum atomic E-state index is 12.7. The van der Waals surface area contributed by atoms with Crippen molar-refractivity contribution < 1.29 is 19.4 Å². The molecule has 1 amide bonds. The van der Waals surface area contributed by atoms with Crippen LogP contribution < -0.4 is 5.32 Å². The van der Waals surface area contributed by atoms with Crippen molar-refractivity contribution in [1.82, 2.24) is 5.32 Å². The van der Waals surface area contributed by atoms with Gasteiger partial charge in [0.15, 0.2) is 0 Å². The molecule has 2 aliphatic rings. The van der Waals surface area contributed by atoms with E-state index >= 15 is 0 Å². The molecule has 0 bridgehead atoms. The van der Waals surface area contributed by atoms with Crippen molar-refractivity contribution in [3.05, 3.63) is 59.7 Å². The highest BCUT2D eigenvalue weighted by molar-refractivity contribution is 5.79. The molecule has 2 unspecified atom stereocenters. The van der Waals surface area contributed by atoms with Crippen molar-refractivity contribution in [3.8, 4) is 11.1 Å². The van der Waals surface area contributed by atoms with Crippen LogP contribution in [-0.2, 0) is 9.53 Å². The molecule has 2 aromatic carbocycles. The van der Waals surface area contributed by atoms with Gasteiger partial charge in [0.1, 0.15) is 6.61 Å². The standard InChI is InChI=1S/C25H29NO4/c1-17-7-6-13-25(14-12-17,15-23(27)28)26-24(29)30-16-22-20-10-4-2-8-18(20)19-9-3-5-11-21(19)22/h2-5,8-11,17,22H,6-7,12-16H2,1H3,(H,26,29)(H,27,28). The van der Waals surface area contributed by atoms with E-state index in [1.165, 1.54) is 11.1 Å². The highest BCUT2D eigenvalue weighted by Gasteiger charge is 2.37. The van der Waals surface area contributed by atoms with E-state index < -0.39 is 17.6 Å². The van der Waals surface area contributed by atoms with Gasteiger partial charge in [-0.3, -0.25) is 4.79 Å². The summed E-state index contributed by atoms with van der Waals surface area (Å²) in [7, 11) is 0. The van der Waals surface area contributed by atoms with Crippen molar-refractivity contribution in [2.75, 3.05) is 6.61 Å². The minimum absolute atomic E-state index is 0.00673. The molecule has 0 radical (unpaired) electrons. The van der Waals surface area contributed by atoms with Crippen LogP contribution >= 0.6 is 0 Å². The summed E-state index contributed by atoms with van der Waals surface area (Å²) in [6.45, 7) is 2.42. The Morgan fingerprint density at radius 2 is 1.67 bits per heavy atom. The Morgan fingerprint density at radius 3 is 2.30 bits per heavy atom. The lowest BCUT2D eigenvalue weighted by Crippen LogP contribution is -2.50. The number of aliphatic carboxylic acids is 1. The minimum Gasteiger partial charge on any atom is -0.481 e. The fourth-order valence-electron chi connectivity index (χ4n) is 5.07. The van der Waals surface area contributed by atoms with Crippen molar-refractivity contribution >= 4 is 12.1 Å². The van der Waals surface area contributed by atoms with E-state index in [1.54, 1.807) is 0 Å². The monoisotopic (exact) mass is 407 g/mol. The SMILES string of the molecule is CC1CCCC(CC(=O)O)(NC(=O)OCC2c3ccccc3-c3ccccc32)CC1. The van der Waals surface area contributed by atoms with Gasteiger partial charge in [-0.1, -0.05) is 68.3 Å². The van der Waals surface area contributed by atoms with Gasteiger partial charge >= 0.3 is 12.1 Å². The van der Waals surface area contributed by atoms with Crippen molar-refractivity contribution in [2.24, 2.45) is 5.92 Å². The molecule has 0 saturated heterocycles. The predicted octanol–water partition coefficient (Wildman–Crippen LogP) is 5.34.